The third-order valence-electron chi connectivity index (χ3n) is 6.67. The molecule has 0 aliphatic carbocycles. The molecule has 1 aromatic carbocycles. The fraction of sp³-hybridized carbons (Fsp3) is 0.458. The van der Waals surface area contributed by atoms with Crippen LogP contribution in [0, 0.1) is 18.3 Å². The number of amides is 3. The van der Waals surface area contributed by atoms with Crippen molar-refractivity contribution >= 4 is 23.4 Å². The van der Waals surface area contributed by atoms with Crippen molar-refractivity contribution in [2.45, 2.75) is 19.8 Å². The van der Waals surface area contributed by atoms with E-state index in [1.807, 2.05) is 68.4 Å². The number of hydrogen-bond donors (Lipinski definition) is 1. The predicted molar refractivity (Wildman–Crippen MR) is 122 cm³/mol. The van der Waals surface area contributed by atoms with Gasteiger partial charge in [0.15, 0.2) is 0 Å². The molecule has 1 N–H and O–H groups in total. The molecule has 1 aromatic heterocycles. The Bertz CT molecular complexity index is 948. The van der Waals surface area contributed by atoms with Crippen LogP contribution < -0.4 is 10.2 Å². The Hall–Kier alpha value is -3.09. The van der Waals surface area contributed by atoms with Crippen LogP contribution in [0.4, 0.5) is 16.3 Å². The number of carbonyl (C=O) groups is 2. The molecule has 2 fully saturated rings. The van der Waals surface area contributed by atoms with Crippen molar-refractivity contribution in [2.24, 2.45) is 11.3 Å². The number of aryl methyl sites for hydroxylation is 1. The summed E-state index contributed by atoms with van der Waals surface area (Å²) in [7, 11) is 3.65. The smallest absolute Gasteiger partial charge is 0.321 e. The molecule has 7 nitrogen and oxygen atoms in total. The van der Waals surface area contributed by atoms with E-state index in [4.69, 9.17) is 0 Å². The minimum atomic E-state index is -0.501. The highest BCUT2D eigenvalue weighted by Gasteiger charge is 2.54. The van der Waals surface area contributed by atoms with E-state index >= 15 is 0 Å². The number of carbonyl (C=O) groups excluding carboxylic acids is 2. The Morgan fingerprint density at radius 2 is 1.90 bits per heavy atom. The number of nitrogens with zero attached hydrogens (tertiary/aromatic N) is 4. The average Bonchev–Trinajstić information content (AvgIpc) is 3.04. The van der Waals surface area contributed by atoms with Crippen LogP contribution in [0.3, 0.4) is 0 Å². The van der Waals surface area contributed by atoms with E-state index in [2.05, 4.69) is 15.2 Å². The first-order chi connectivity index (χ1) is 14.9. The molecule has 0 unspecified atom stereocenters. The van der Waals surface area contributed by atoms with E-state index in [1.165, 1.54) is 0 Å². The van der Waals surface area contributed by atoms with Gasteiger partial charge >= 0.3 is 6.03 Å². The zero-order chi connectivity index (χ0) is 22.0. The number of rotatable bonds is 3. The van der Waals surface area contributed by atoms with Gasteiger partial charge in [0.25, 0.3) is 0 Å². The normalized spacial score (nSPS) is 23.1. The summed E-state index contributed by atoms with van der Waals surface area (Å²) in [5, 5.41) is 3.06. The van der Waals surface area contributed by atoms with Crippen LogP contribution in [0.2, 0.25) is 0 Å². The minimum absolute atomic E-state index is 0.0505. The minimum Gasteiger partial charge on any atom is -0.355 e. The maximum absolute atomic E-state index is 13.4. The average molecular weight is 422 g/mol. The first-order valence-corrected chi connectivity index (χ1v) is 10.9. The summed E-state index contributed by atoms with van der Waals surface area (Å²) in [6, 6.07) is 13.6. The number of likely N-dealkylation sites (tertiary alicyclic amines) is 1. The summed E-state index contributed by atoms with van der Waals surface area (Å²) in [6.07, 6.45) is 3.35. The molecule has 4 rings (SSSR count). The molecular weight excluding hydrogens is 390 g/mol. The predicted octanol–water partition coefficient (Wildman–Crippen LogP) is 3.23. The molecular formula is C24H31N5O2. The molecule has 0 spiro atoms. The number of fused-ring (bicyclic) bond motifs is 1. The van der Waals surface area contributed by atoms with Crippen LogP contribution in [0.5, 0.6) is 0 Å². The monoisotopic (exact) mass is 421 g/mol. The topological polar surface area (TPSA) is 68.8 Å². The summed E-state index contributed by atoms with van der Waals surface area (Å²) in [4.78, 5) is 36.8. The second-order valence-corrected chi connectivity index (χ2v) is 8.92. The van der Waals surface area contributed by atoms with Crippen molar-refractivity contribution in [1.29, 1.82) is 0 Å². The summed E-state index contributed by atoms with van der Waals surface area (Å²) in [5.74, 6) is 1.09. The van der Waals surface area contributed by atoms with E-state index in [9.17, 15) is 9.59 Å². The van der Waals surface area contributed by atoms with Crippen molar-refractivity contribution < 1.29 is 9.59 Å². The van der Waals surface area contributed by atoms with Gasteiger partial charge < -0.3 is 20.0 Å². The summed E-state index contributed by atoms with van der Waals surface area (Å²) in [6.45, 7) is 4.55. The molecule has 2 saturated heterocycles. The van der Waals surface area contributed by atoms with Gasteiger partial charge in [-0.2, -0.15) is 0 Å². The lowest BCUT2D eigenvalue weighted by atomic mass is 9.74. The molecule has 3 heterocycles. The van der Waals surface area contributed by atoms with Gasteiger partial charge in [0.2, 0.25) is 5.91 Å². The van der Waals surface area contributed by atoms with Crippen LogP contribution >= 0.6 is 0 Å². The lowest BCUT2D eigenvalue weighted by molar-refractivity contribution is -0.141. The molecule has 7 heteroatoms. The number of anilines is 2. The van der Waals surface area contributed by atoms with Gasteiger partial charge in [0.1, 0.15) is 5.82 Å². The van der Waals surface area contributed by atoms with Crippen molar-refractivity contribution in [1.82, 2.24) is 14.8 Å². The first kappa shape index (κ1) is 21.2. The SMILES string of the molecule is Cc1ccccc1NC(=O)N1CCC[C@]2(C(=O)N(C)C)CN(c3ccccn3)C[C@@H]2C1. The fourth-order valence-electron chi connectivity index (χ4n) is 5.04. The summed E-state index contributed by atoms with van der Waals surface area (Å²) >= 11 is 0. The van der Waals surface area contributed by atoms with E-state index in [1.54, 1.807) is 11.1 Å². The zero-order valence-corrected chi connectivity index (χ0v) is 18.5. The van der Waals surface area contributed by atoms with E-state index in [-0.39, 0.29) is 17.9 Å². The Morgan fingerprint density at radius 3 is 2.61 bits per heavy atom. The molecule has 2 atom stereocenters. The van der Waals surface area contributed by atoms with Crippen LogP contribution in [0.25, 0.3) is 0 Å². The number of pyridine rings is 1. The highest BCUT2D eigenvalue weighted by Crippen LogP contribution is 2.45. The third-order valence-corrected chi connectivity index (χ3v) is 6.67. The van der Waals surface area contributed by atoms with Gasteiger partial charge in [-0.25, -0.2) is 9.78 Å². The van der Waals surface area contributed by atoms with Gasteiger partial charge in [-0.3, -0.25) is 4.79 Å². The number of aromatic nitrogens is 1. The lowest BCUT2D eigenvalue weighted by Crippen LogP contribution is -2.48. The number of para-hydroxylation sites is 1. The Morgan fingerprint density at radius 1 is 1.13 bits per heavy atom. The maximum atomic E-state index is 13.4. The molecule has 0 bridgehead atoms. The molecule has 2 aromatic rings. The quantitative estimate of drug-likeness (QED) is 0.826. The number of nitrogens with one attached hydrogen (secondary N) is 1. The van der Waals surface area contributed by atoms with Gasteiger partial charge in [0.05, 0.1) is 5.41 Å². The fourth-order valence-corrected chi connectivity index (χ4v) is 5.04. The standard InChI is InChI=1S/C24H31N5O2/c1-18-9-4-5-10-20(18)26-23(31)28-14-8-12-24(22(30)27(2)3)17-29(16-19(24)15-28)21-11-6-7-13-25-21/h4-7,9-11,13,19H,8,12,14-17H2,1-3H3,(H,26,31)/t19-,24-/m0/s1. The number of hydrogen-bond acceptors (Lipinski definition) is 4. The summed E-state index contributed by atoms with van der Waals surface area (Å²) < 4.78 is 0. The number of benzene rings is 1. The Labute approximate surface area is 184 Å². The Balaban J connectivity index is 1.58. The molecule has 164 valence electrons. The van der Waals surface area contributed by atoms with E-state index in [0.29, 0.717) is 26.2 Å². The Kier molecular flexibility index (Phi) is 5.85. The van der Waals surface area contributed by atoms with Gasteiger partial charge in [-0.05, 0) is 43.5 Å². The third kappa shape index (κ3) is 4.09. The highest BCUT2D eigenvalue weighted by molar-refractivity contribution is 5.90. The molecule has 0 saturated carbocycles. The molecule has 2 aliphatic heterocycles. The molecule has 2 aliphatic rings. The molecule has 0 radical (unpaired) electrons. The van der Waals surface area contributed by atoms with Crippen molar-refractivity contribution in [2.75, 3.05) is 50.5 Å². The second kappa shape index (κ2) is 8.57. The zero-order valence-electron chi connectivity index (χ0n) is 18.5. The van der Waals surface area contributed by atoms with Crippen molar-refractivity contribution in [3.05, 3.63) is 54.2 Å². The van der Waals surface area contributed by atoms with Crippen LogP contribution in [-0.4, -0.2) is 67.0 Å². The summed E-state index contributed by atoms with van der Waals surface area (Å²) in [5.41, 5.74) is 1.36. The van der Waals surface area contributed by atoms with E-state index < -0.39 is 5.41 Å². The largest absolute Gasteiger partial charge is 0.355 e. The lowest BCUT2D eigenvalue weighted by Gasteiger charge is -2.34. The highest BCUT2D eigenvalue weighted by atomic mass is 16.2. The molecule has 3 amide bonds. The van der Waals surface area contributed by atoms with Gasteiger partial charge in [0, 0.05) is 58.1 Å². The van der Waals surface area contributed by atoms with Crippen LogP contribution in [0.1, 0.15) is 18.4 Å². The van der Waals surface area contributed by atoms with E-state index in [0.717, 1.165) is 29.9 Å². The van der Waals surface area contributed by atoms with Crippen LogP contribution in [0.15, 0.2) is 48.7 Å². The second-order valence-electron chi connectivity index (χ2n) is 8.92. The molecule has 31 heavy (non-hydrogen) atoms. The van der Waals surface area contributed by atoms with Crippen molar-refractivity contribution in [3.63, 3.8) is 0 Å². The van der Waals surface area contributed by atoms with Crippen LogP contribution in [-0.2, 0) is 4.79 Å². The maximum Gasteiger partial charge on any atom is 0.321 e. The van der Waals surface area contributed by atoms with Crippen molar-refractivity contribution in [3.8, 4) is 0 Å². The first-order valence-electron chi connectivity index (χ1n) is 10.9. The van der Waals surface area contributed by atoms with Gasteiger partial charge in [-0.1, -0.05) is 24.3 Å². The number of urea groups is 1. The van der Waals surface area contributed by atoms with Gasteiger partial charge in [-0.15, -0.1) is 0 Å².